The van der Waals surface area contributed by atoms with Crippen molar-refractivity contribution >= 4 is 5.95 Å². The lowest BCUT2D eigenvalue weighted by Crippen LogP contribution is -2.21. The van der Waals surface area contributed by atoms with Crippen LogP contribution in [0.4, 0.5) is 5.95 Å². The van der Waals surface area contributed by atoms with Gasteiger partial charge < -0.3 is 10.3 Å². The standard InChI is InChI=1S/C21H19N7O/c1-27-10-4-6-14(20(27)29)11-28-12-17(25-26-28)19-16-9-8-13-5-2-3-7-15(13)18(16)23-21(22)24-19/h2-7,10,12H,8-9,11H2,1H3,(H2,22,23,24). The van der Waals surface area contributed by atoms with Gasteiger partial charge in [0.15, 0.2) is 0 Å². The van der Waals surface area contributed by atoms with E-state index in [9.17, 15) is 4.79 Å². The van der Waals surface area contributed by atoms with E-state index in [1.807, 2.05) is 18.2 Å². The molecular weight excluding hydrogens is 366 g/mol. The van der Waals surface area contributed by atoms with Crippen LogP contribution in [0, 0.1) is 0 Å². The van der Waals surface area contributed by atoms with Gasteiger partial charge in [-0.25, -0.2) is 14.6 Å². The highest BCUT2D eigenvalue weighted by atomic mass is 16.1. The Hall–Kier alpha value is -3.81. The first-order chi connectivity index (χ1) is 14.1. The molecule has 0 atom stereocenters. The van der Waals surface area contributed by atoms with Gasteiger partial charge in [0.05, 0.1) is 18.4 Å². The van der Waals surface area contributed by atoms with Gasteiger partial charge in [0.1, 0.15) is 11.4 Å². The number of hydrogen-bond acceptors (Lipinski definition) is 6. The maximum Gasteiger partial charge on any atom is 0.255 e. The summed E-state index contributed by atoms with van der Waals surface area (Å²) in [7, 11) is 1.73. The molecule has 0 saturated heterocycles. The van der Waals surface area contributed by atoms with Crippen molar-refractivity contribution in [2.45, 2.75) is 19.4 Å². The maximum atomic E-state index is 12.3. The number of aryl methyl sites for hydroxylation is 2. The van der Waals surface area contributed by atoms with E-state index in [-0.39, 0.29) is 11.5 Å². The lowest BCUT2D eigenvalue weighted by atomic mass is 9.88. The molecule has 2 N–H and O–H groups in total. The Morgan fingerprint density at radius 3 is 2.79 bits per heavy atom. The van der Waals surface area contributed by atoms with E-state index in [0.717, 1.165) is 29.7 Å². The summed E-state index contributed by atoms with van der Waals surface area (Å²) in [6, 6.07) is 11.9. The Morgan fingerprint density at radius 1 is 1.07 bits per heavy atom. The third-order valence-electron chi connectivity index (χ3n) is 5.26. The molecule has 0 aliphatic heterocycles. The predicted octanol–water partition coefficient (Wildman–Crippen LogP) is 1.83. The number of anilines is 1. The predicted molar refractivity (Wildman–Crippen MR) is 109 cm³/mol. The molecule has 144 valence electrons. The molecule has 1 aromatic carbocycles. The zero-order valence-electron chi connectivity index (χ0n) is 15.9. The van der Waals surface area contributed by atoms with Gasteiger partial charge in [0, 0.05) is 29.9 Å². The summed E-state index contributed by atoms with van der Waals surface area (Å²) in [6.45, 7) is 0.339. The molecule has 8 heteroatoms. The summed E-state index contributed by atoms with van der Waals surface area (Å²) in [5, 5.41) is 8.50. The van der Waals surface area contributed by atoms with Gasteiger partial charge in [0.2, 0.25) is 5.95 Å². The van der Waals surface area contributed by atoms with E-state index in [4.69, 9.17) is 5.73 Å². The second kappa shape index (κ2) is 6.66. The van der Waals surface area contributed by atoms with Gasteiger partial charge in [-0.15, -0.1) is 5.10 Å². The second-order valence-electron chi connectivity index (χ2n) is 7.17. The largest absolute Gasteiger partial charge is 0.368 e. The average molecular weight is 385 g/mol. The first kappa shape index (κ1) is 17.3. The molecule has 8 nitrogen and oxygen atoms in total. The van der Waals surface area contributed by atoms with Crippen molar-refractivity contribution in [1.82, 2.24) is 29.5 Å². The normalized spacial score (nSPS) is 12.4. The molecule has 5 rings (SSSR count). The van der Waals surface area contributed by atoms with Crippen LogP contribution in [0.25, 0.3) is 22.6 Å². The minimum Gasteiger partial charge on any atom is -0.368 e. The van der Waals surface area contributed by atoms with Crippen LogP contribution < -0.4 is 11.3 Å². The van der Waals surface area contributed by atoms with E-state index in [1.54, 1.807) is 34.8 Å². The van der Waals surface area contributed by atoms with E-state index >= 15 is 0 Å². The Bertz CT molecular complexity index is 1290. The number of nitrogens with zero attached hydrogens (tertiary/aromatic N) is 6. The highest BCUT2D eigenvalue weighted by Crippen LogP contribution is 2.36. The van der Waals surface area contributed by atoms with Crippen LogP contribution in [0.5, 0.6) is 0 Å². The van der Waals surface area contributed by atoms with Crippen LogP contribution in [0.15, 0.2) is 53.6 Å². The zero-order chi connectivity index (χ0) is 20.0. The zero-order valence-corrected chi connectivity index (χ0v) is 15.9. The van der Waals surface area contributed by atoms with Crippen LogP contribution in [0.3, 0.4) is 0 Å². The highest BCUT2D eigenvalue weighted by Gasteiger charge is 2.23. The molecule has 29 heavy (non-hydrogen) atoms. The second-order valence-corrected chi connectivity index (χ2v) is 7.17. The summed E-state index contributed by atoms with van der Waals surface area (Å²) in [6.07, 6.45) is 5.26. The fraction of sp³-hybridized carbons (Fsp3) is 0.190. The molecule has 3 aromatic heterocycles. The van der Waals surface area contributed by atoms with Gasteiger partial charge in [0.25, 0.3) is 5.56 Å². The SMILES string of the molecule is Cn1cccc(Cn2cc(-c3nc(N)nc4c3CCc3ccccc3-4)nn2)c1=O. The van der Waals surface area contributed by atoms with Crippen LogP contribution in [0.2, 0.25) is 0 Å². The molecule has 0 fully saturated rings. The van der Waals surface area contributed by atoms with Crippen LogP contribution in [-0.4, -0.2) is 29.5 Å². The summed E-state index contributed by atoms with van der Waals surface area (Å²) in [5.74, 6) is 0.210. The lowest BCUT2D eigenvalue weighted by molar-refractivity contribution is 0.639. The molecule has 0 bridgehead atoms. The summed E-state index contributed by atoms with van der Waals surface area (Å²) >= 11 is 0. The minimum absolute atomic E-state index is 0.0511. The fourth-order valence-corrected chi connectivity index (χ4v) is 3.83. The molecule has 0 unspecified atom stereocenters. The first-order valence-electron chi connectivity index (χ1n) is 9.40. The Kier molecular flexibility index (Phi) is 3.97. The number of pyridine rings is 1. The fourth-order valence-electron chi connectivity index (χ4n) is 3.83. The first-order valence-corrected chi connectivity index (χ1v) is 9.40. The molecule has 3 heterocycles. The van der Waals surface area contributed by atoms with Gasteiger partial charge in [-0.05, 0) is 24.5 Å². The summed E-state index contributed by atoms with van der Waals surface area (Å²) in [4.78, 5) is 21.2. The molecular formula is C21H19N7O. The van der Waals surface area contributed by atoms with Crippen molar-refractivity contribution in [3.05, 3.63) is 75.8 Å². The Balaban J connectivity index is 1.56. The lowest BCUT2D eigenvalue weighted by Gasteiger charge is -2.20. The smallest absolute Gasteiger partial charge is 0.255 e. The quantitative estimate of drug-likeness (QED) is 0.577. The number of fused-ring (bicyclic) bond motifs is 3. The molecule has 1 aliphatic rings. The highest BCUT2D eigenvalue weighted by molar-refractivity contribution is 5.76. The van der Waals surface area contributed by atoms with E-state index < -0.39 is 0 Å². The van der Waals surface area contributed by atoms with Gasteiger partial charge in [-0.3, -0.25) is 4.79 Å². The summed E-state index contributed by atoms with van der Waals surface area (Å²) in [5.41, 5.74) is 12.2. The van der Waals surface area contributed by atoms with Crippen molar-refractivity contribution in [2.75, 3.05) is 5.73 Å². The molecule has 0 saturated carbocycles. The van der Waals surface area contributed by atoms with Crippen molar-refractivity contribution in [2.24, 2.45) is 7.05 Å². The minimum atomic E-state index is -0.0511. The van der Waals surface area contributed by atoms with Crippen molar-refractivity contribution < 1.29 is 0 Å². The topological polar surface area (TPSA) is 105 Å². The van der Waals surface area contributed by atoms with Crippen LogP contribution >= 0.6 is 0 Å². The number of rotatable bonds is 3. The summed E-state index contributed by atoms with van der Waals surface area (Å²) < 4.78 is 3.19. The monoisotopic (exact) mass is 385 g/mol. The Labute approximate surface area is 166 Å². The third kappa shape index (κ3) is 2.98. The number of aromatic nitrogens is 6. The molecule has 0 spiro atoms. The van der Waals surface area contributed by atoms with Crippen molar-refractivity contribution in [1.29, 1.82) is 0 Å². The van der Waals surface area contributed by atoms with Crippen LogP contribution in [-0.2, 0) is 26.4 Å². The number of nitrogen functional groups attached to an aromatic ring is 1. The van der Waals surface area contributed by atoms with Crippen molar-refractivity contribution in [3.63, 3.8) is 0 Å². The van der Waals surface area contributed by atoms with E-state index in [0.29, 0.717) is 23.5 Å². The van der Waals surface area contributed by atoms with Gasteiger partial charge in [-0.1, -0.05) is 35.5 Å². The van der Waals surface area contributed by atoms with Crippen molar-refractivity contribution in [3.8, 4) is 22.6 Å². The number of benzene rings is 1. The van der Waals surface area contributed by atoms with E-state index in [2.05, 4.69) is 32.4 Å². The third-order valence-corrected chi connectivity index (χ3v) is 5.26. The molecule has 0 radical (unpaired) electrons. The Morgan fingerprint density at radius 2 is 1.90 bits per heavy atom. The molecule has 4 aromatic rings. The number of hydrogen-bond donors (Lipinski definition) is 1. The van der Waals surface area contributed by atoms with Gasteiger partial charge >= 0.3 is 0 Å². The average Bonchev–Trinajstić information content (AvgIpc) is 3.19. The number of nitrogens with two attached hydrogens (primary N) is 1. The van der Waals surface area contributed by atoms with E-state index in [1.165, 1.54) is 5.56 Å². The molecule has 1 aliphatic carbocycles. The van der Waals surface area contributed by atoms with Crippen LogP contribution in [0.1, 0.15) is 16.7 Å². The molecule has 0 amide bonds. The maximum absolute atomic E-state index is 12.3. The van der Waals surface area contributed by atoms with Gasteiger partial charge in [-0.2, -0.15) is 0 Å².